The Labute approximate surface area is 285 Å². The SMILES string of the molecule is CCOC(=O)COc1c(Cl)cc(/C=c2\sc3n(c2=O)[C@H](c2ccc(OC)c(OC)c2)C(C(=O)OCC)=C(c2ccccc2)N=3)cc1OC. The first kappa shape index (κ1) is 34.3. The fraction of sp³-hybridized carbons (Fsp3) is 0.257. The highest BCUT2D eigenvalue weighted by Crippen LogP contribution is 2.39. The van der Waals surface area contributed by atoms with Crippen molar-refractivity contribution in [3.63, 3.8) is 0 Å². The van der Waals surface area contributed by atoms with E-state index in [1.165, 1.54) is 25.9 Å². The van der Waals surface area contributed by atoms with Crippen LogP contribution in [0.25, 0.3) is 11.8 Å². The lowest BCUT2D eigenvalue weighted by Crippen LogP contribution is -2.40. The molecule has 250 valence electrons. The van der Waals surface area contributed by atoms with Gasteiger partial charge in [-0.1, -0.05) is 59.3 Å². The summed E-state index contributed by atoms with van der Waals surface area (Å²) in [6, 6.07) is 16.8. The molecule has 4 aromatic rings. The number of aromatic nitrogens is 1. The number of benzene rings is 3. The van der Waals surface area contributed by atoms with E-state index in [1.807, 2.05) is 30.3 Å². The zero-order valence-corrected chi connectivity index (χ0v) is 28.5. The lowest BCUT2D eigenvalue weighted by Gasteiger charge is -2.26. The number of hydrogen-bond donors (Lipinski definition) is 0. The maximum atomic E-state index is 14.3. The first-order valence-electron chi connectivity index (χ1n) is 14.9. The van der Waals surface area contributed by atoms with Crippen molar-refractivity contribution in [2.24, 2.45) is 4.99 Å². The van der Waals surface area contributed by atoms with Crippen molar-refractivity contribution in [3.8, 4) is 23.0 Å². The van der Waals surface area contributed by atoms with E-state index in [9.17, 15) is 14.4 Å². The number of ether oxygens (including phenoxy) is 6. The molecular weight excluding hydrogens is 660 g/mol. The van der Waals surface area contributed by atoms with Crippen LogP contribution in [0.3, 0.4) is 0 Å². The molecule has 0 aliphatic carbocycles. The Morgan fingerprint density at radius 1 is 0.917 bits per heavy atom. The van der Waals surface area contributed by atoms with Gasteiger partial charge in [0.15, 0.2) is 34.4 Å². The molecule has 0 fully saturated rings. The quantitative estimate of drug-likeness (QED) is 0.197. The van der Waals surface area contributed by atoms with Crippen molar-refractivity contribution < 1.29 is 38.0 Å². The molecule has 0 bridgehead atoms. The molecule has 13 heteroatoms. The third-order valence-corrected chi connectivity index (χ3v) is 8.55. The lowest BCUT2D eigenvalue weighted by molar-refractivity contribution is -0.145. The molecule has 0 unspecified atom stereocenters. The van der Waals surface area contributed by atoms with Crippen LogP contribution < -0.4 is 33.8 Å². The summed E-state index contributed by atoms with van der Waals surface area (Å²) in [5, 5.41) is 0.164. The van der Waals surface area contributed by atoms with Gasteiger partial charge in [0.1, 0.15) is 0 Å². The third kappa shape index (κ3) is 6.95. The lowest BCUT2D eigenvalue weighted by atomic mass is 9.93. The number of carbonyl (C=O) groups excluding carboxylic acids is 2. The molecule has 0 saturated heterocycles. The highest BCUT2D eigenvalue weighted by atomic mass is 35.5. The van der Waals surface area contributed by atoms with Crippen LogP contribution in [0.15, 0.2) is 76.0 Å². The predicted octanol–water partition coefficient (Wildman–Crippen LogP) is 4.56. The topological polar surface area (TPSA) is 124 Å². The van der Waals surface area contributed by atoms with Gasteiger partial charge in [-0.05, 0) is 55.3 Å². The van der Waals surface area contributed by atoms with Crippen LogP contribution in [-0.4, -0.2) is 57.7 Å². The van der Waals surface area contributed by atoms with Crippen LogP contribution in [0.2, 0.25) is 5.02 Å². The van der Waals surface area contributed by atoms with Crippen LogP contribution in [0.4, 0.5) is 0 Å². The average Bonchev–Trinajstić information content (AvgIpc) is 3.40. The molecule has 1 aliphatic rings. The normalized spacial score (nSPS) is 14.1. The number of fused-ring (bicyclic) bond motifs is 1. The molecule has 1 aromatic heterocycles. The summed E-state index contributed by atoms with van der Waals surface area (Å²) in [7, 11) is 4.47. The van der Waals surface area contributed by atoms with Crippen LogP contribution in [0, 0.1) is 0 Å². The van der Waals surface area contributed by atoms with Gasteiger partial charge in [0.25, 0.3) is 5.56 Å². The smallest absolute Gasteiger partial charge is 0.344 e. The zero-order chi connectivity index (χ0) is 34.4. The van der Waals surface area contributed by atoms with E-state index in [0.717, 1.165) is 11.3 Å². The van der Waals surface area contributed by atoms with Gasteiger partial charge in [-0.25, -0.2) is 14.6 Å². The highest BCUT2D eigenvalue weighted by Gasteiger charge is 2.35. The van der Waals surface area contributed by atoms with Crippen molar-refractivity contribution in [1.29, 1.82) is 0 Å². The maximum absolute atomic E-state index is 14.3. The number of nitrogens with zero attached hydrogens (tertiary/aromatic N) is 2. The molecule has 0 N–H and O–H groups in total. The number of thiazole rings is 1. The van der Waals surface area contributed by atoms with Crippen molar-refractivity contribution in [2.45, 2.75) is 19.9 Å². The molecule has 0 saturated carbocycles. The largest absolute Gasteiger partial charge is 0.493 e. The van der Waals surface area contributed by atoms with E-state index in [0.29, 0.717) is 43.2 Å². The number of carbonyl (C=O) groups is 2. The molecular formula is C35H33ClN2O9S. The van der Waals surface area contributed by atoms with Crippen molar-refractivity contribution in [2.75, 3.05) is 41.2 Å². The fourth-order valence-corrected chi connectivity index (χ4v) is 6.50. The summed E-state index contributed by atoms with van der Waals surface area (Å²) in [4.78, 5) is 45.1. The van der Waals surface area contributed by atoms with Gasteiger partial charge in [-0.15, -0.1) is 0 Å². The first-order valence-corrected chi connectivity index (χ1v) is 16.1. The summed E-state index contributed by atoms with van der Waals surface area (Å²) in [6.45, 7) is 3.39. The monoisotopic (exact) mass is 692 g/mol. The number of methoxy groups -OCH3 is 3. The fourth-order valence-electron chi connectivity index (χ4n) is 5.23. The Bertz CT molecular complexity index is 2050. The van der Waals surface area contributed by atoms with Crippen molar-refractivity contribution in [1.82, 2.24) is 4.57 Å². The molecule has 11 nitrogen and oxygen atoms in total. The molecule has 1 atom stereocenters. The molecule has 3 aromatic carbocycles. The van der Waals surface area contributed by atoms with E-state index in [2.05, 4.69) is 0 Å². The highest BCUT2D eigenvalue weighted by molar-refractivity contribution is 7.07. The predicted molar refractivity (Wildman–Crippen MR) is 181 cm³/mol. The van der Waals surface area contributed by atoms with Gasteiger partial charge < -0.3 is 28.4 Å². The number of esters is 2. The molecule has 0 spiro atoms. The summed E-state index contributed by atoms with van der Waals surface area (Å²) in [6.07, 6.45) is 1.65. The second kappa shape index (κ2) is 15.2. The number of hydrogen-bond acceptors (Lipinski definition) is 11. The van der Waals surface area contributed by atoms with Gasteiger partial charge in [0.2, 0.25) is 0 Å². The molecule has 48 heavy (non-hydrogen) atoms. The minimum atomic E-state index is -0.922. The standard InChI is InChI=1S/C35H33ClN2O9S/c1-6-45-28(39)19-47-32-23(36)15-20(16-26(32)44-5)17-27-33(40)38-31(22-13-14-24(42-3)25(18-22)43-4)29(34(41)46-7-2)30(37-35(38)48-27)21-11-9-8-10-12-21/h8-18,31H,6-7,19H2,1-5H3/b27-17-/t31-/m1/s1. The van der Waals surface area contributed by atoms with E-state index >= 15 is 0 Å². The van der Waals surface area contributed by atoms with Gasteiger partial charge in [0.05, 0.1) is 61.4 Å². The van der Waals surface area contributed by atoms with Crippen LogP contribution in [-0.2, 0) is 19.1 Å². The summed E-state index contributed by atoms with van der Waals surface area (Å²) in [5.74, 6) is 0.159. The van der Waals surface area contributed by atoms with Gasteiger partial charge in [0, 0.05) is 5.56 Å². The van der Waals surface area contributed by atoms with Gasteiger partial charge in [-0.2, -0.15) is 0 Å². The molecule has 0 radical (unpaired) electrons. The minimum absolute atomic E-state index is 0.121. The van der Waals surface area contributed by atoms with Gasteiger partial charge in [-0.3, -0.25) is 9.36 Å². The van der Waals surface area contributed by atoms with Crippen molar-refractivity contribution >= 4 is 46.6 Å². The Morgan fingerprint density at radius 3 is 2.29 bits per heavy atom. The summed E-state index contributed by atoms with van der Waals surface area (Å²) >= 11 is 7.70. The molecule has 5 rings (SSSR count). The molecule has 2 heterocycles. The van der Waals surface area contributed by atoms with Gasteiger partial charge >= 0.3 is 11.9 Å². The average molecular weight is 693 g/mol. The minimum Gasteiger partial charge on any atom is -0.493 e. The molecule has 0 amide bonds. The van der Waals surface area contributed by atoms with E-state index in [4.69, 9.17) is 45.0 Å². The second-order valence-corrected chi connectivity index (χ2v) is 11.6. The Morgan fingerprint density at radius 2 is 1.62 bits per heavy atom. The van der Waals surface area contributed by atoms with E-state index < -0.39 is 23.5 Å². The van der Waals surface area contributed by atoms with Crippen LogP contribution in [0.1, 0.15) is 36.6 Å². The van der Waals surface area contributed by atoms with E-state index in [1.54, 1.807) is 50.3 Å². The number of rotatable bonds is 12. The maximum Gasteiger partial charge on any atom is 0.344 e. The van der Waals surface area contributed by atoms with Crippen LogP contribution >= 0.6 is 22.9 Å². The summed E-state index contributed by atoms with van der Waals surface area (Å²) < 4.78 is 34.4. The molecule has 1 aliphatic heterocycles. The van der Waals surface area contributed by atoms with Crippen molar-refractivity contribution in [3.05, 3.63) is 108 Å². The van der Waals surface area contributed by atoms with E-state index in [-0.39, 0.29) is 41.9 Å². The summed E-state index contributed by atoms with van der Waals surface area (Å²) in [5.41, 5.74) is 1.97. The Kier molecular flexibility index (Phi) is 10.9. The Balaban J connectivity index is 1.73. The first-order chi connectivity index (χ1) is 23.2. The second-order valence-electron chi connectivity index (χ2n) is 10.2. The third-order valence-electron chi connectivity index (χ3n) is 7.29. The van der Waals surface area contributed by atoms with Crippen LogP contribution in [0.5, 0.6) is 23.0 Å². The zero-order valence-electron chi connectivity index (χ0n) is 26.9. The number of halogens is 1. The Hall–Kier alpha value is -5.07.